The number of aromatic hydroxyl groups is 2. The topological polar surface area (TPSA) is 92.5 Å². The molecule has 4 nitrogen and oxygen atoms in total. The maximum Gasteiger partial charge on any atom is 0.139 e. The van der Waals surface area contributed by atoms with E-state index in [1.54, 1.807) is 24.3 Å². The molecule has 0 spiro atoms. The number of anilines is 2. The lowest BCUT2D eigenvalue weighted by atomic mass is 10.1. The van der Waals surface area contributed by atoms with Crippen molar-refractivity contribution >= 4 is 32.9 Å². The van der Waals surface area contributed by atoms with Crippen LogP contribution in [0.25, 0.3) is 21.5 Å². The van der Waals surface area contributed by atoms with E-state index < -0.39 is 0 Å². The van der Waals surface area contributed by atoms with Gasteiger partial charge in [-0.2, -0.15) is 0 Å². The molecule has 0 heterocycles. The highest BCUT2D eigenvalue weighted by molar-refractivity contribution is 5.88. The Balaban J connectivity index is 0.000000141. The van der Waals surface area contributed by atoms with Crippen LogP contribution in [0.4, 0.5) is 11.4 Å². The molecular weight excluding hydrogens is 300 g/mol. The first-order chi connectivity index (χ1) is 11.5. The number of nitrogens with two attached hydrogens (primary N) is 2. The number of phenolic OH excluding ortho intramolecular Hbond substituents is 2. The van der Waals surface area contributed by atoms with Crippen molar-refractivity contribution < 1.29 is 10.2 Å². The van der Waals surface area contributed by atoms with Gasteiger partial charge in [-0.3, -0.25) is 0 Å². The van der Waals surface area contributed by atoms with Crippen LogP contribution < -0.4 is 11.5 Å². The van der Waals surface area contributed by atoms with Crippen LogP contribution in [0.5, 0.6) is 11.5 Å². The molecule has 0 unspecified atom stereocenters. The molecule has 0 aliphatic rings. The maximum atomic E-state index is 9.29. The van der Waals surface area contributed by atoms with Gasteiger partial charge in [-0.05, 0) is 45.8 Å². The van der Waals surface area contributed by atoms with Gasteiger partial charge in [0.1, 0.15) is 11.5 Å². The van der Waals surface area contributed by atoms with Crippen LogP contribution in [0.15, 0.2) is 72.8 Å². The van der Waals surface area contributed by atoms with Crippen molar-refractivity contribution in [1.82, 2.24) is 0 Å². The van der Waals surface area contributed by atoms with E-state index in [0.29, 0.717) is 11.4 Å². The van der Waals surface area contributed by atoms with Gasteiger partial charge >= 0.3 is 0 Å². The summed E-state index contributed by atoms with van der Waals surface area (Å²) < 4.78 is 0. The van der Waals surface area contributed by atoms with Crippen molar-refractivity contribution in [1.29, 1.82) is 0 Å². The molecule has 4 heteroatoms. The highest BCUT2D eigenvalue weighted by Gasteiger charge is 1.99. The van der Waals surface area contributed by atoms with Gasteiger partial charge < -0.3 is 21.7 Å². The zero-order valence-corrected chi connectivity index (χ0v) is 13.0. The maximum absolute atomic E-state index is 9.29. The van der Waals surface area contributed by atoms with Crippen molar-refractivity contribution in [3.05, 3.63) is 72.8 Å². The summed E-state index contributed by atoms with van der Waals surface area (Å²) in [6.07, 6.45) is 0. The average molecular weight is 318 g/mol. The average Bonchev–Trinajstić information content (AvgIpc) is 2.57. The highest BCUT2D eigenvalue weighted by Crippen LogP contribution is 2.27. The van der Waals surface area contributed by atoms with Gasteiger partial charge in [0.15, 0.2) is 0 Å². The molecule has 0 saturated carbocycles. The molecule has 0 saturated heterocycles. The third-order valence-electron chi connectivity index (χ3n) is 3.79. The van der Waals surface area contributed by atoms with Crippen LogP contribution in [0.1, 0.15) is 0 Å². The Morgan fingerprint density at radius 2 is 0.792 bits per heavy atom. The fraction of sp³-hybridized carbons (Fsp3) is 0. The Morgan fingerprint density at radius 3 is 1.12 bits per heavy atom. The van der Waals surface area contributed by atoms with Crippen LogP contribution in [0.2, 0.25) is 0 Å². The van der Waals surface area contributed by atoms with Gasteiger partial charge in [0.25, 0.3) is 0 Å². The molecule has 0 radical (unpaired) electrons. The van der Waals surface area contributed by atoms with E-state index in [-0.39, 0.29) is 11.5 Å². The Hall–Kier alpha value is -3.40. The minimum atomic E-state index is 0.147. The number of benzene rings is 4. The van der Waals surface area contributed by atoms with Gasteiger partial charge in [0.05, 0.1) is 11.4 Å². The molecule has 0 fully saturated rings. The van der Waals surface area contributed by atoms with Gasteiger partial charge in [0.2, 0.25) is 0 Å². The van der Waals surface area contributed by atoms with Crippen LogP contribution in [-0.4, -0.2) is 10.2 Å². The van der Waals surface area contributed by atoms with E-state index in [0.717, 1.165) is 21.5 Å². The number of rotatable bonds is 0. The molecule has 0 aliphatic heterocycles. The molecule has 0 bridgehead atoms. The predicted octanol–water partition coefficient (Wildman–Crippen LogP) is 4.26. The van der Waals surface area contributed by atoms with E-state index in [4.69, 9.17) is 11.5 Å². The Morgan fingerprint density at radius 1 is 0.500 bits per heavy atom. The molecular formula is C20H18N2O2. The predicted molar refractivity (Wildman–Crippen MR) is 100 cm³/mol. The number of nitrogen functional groups attached to an aromatic ring is 2. The van der Waals surface area contributed by atoms with Crippen LogP contribution in [0, 0.1) is 0 Å². The fourth-order valence-electron chi connectivity index (χ4n) is 2.49. The lowest BCUT2D eigenvalue weighted by Gasteiger charge is -2.01. The summed E-state index contributed by atoms with van der Waals surface area (Å²) in [5.74, 6) is 0.294. The molecule has 0 atom stereocenters. The van der Waals surface area contributed by atoms with Crippen LogP contribution in [-0.2, 0) is 0 Å². The standard InChI is InChI=1S/2C10H9NO/c2*11-9-5-7-3-1-2-4-8(7)6-10(9)12/h2*1-6,12H,11H2. The summed E-state index contributed by atoms with van der Waals surface area (Å²) in [5.41, 5.74) is 11.9. The fourth-order valence-corrected chi connectivity index (χ4v) is 2.49. The van der Waals surface area contributed by atoms with Crippen molar-refractivity contribution in [2.45, 2.75) is 0 Å². The minimum absolute atomic E-state index is 0.147. The second-order valence-corrected chi connectivity index (χ2v) is 5.52. The Labute approximate surface area is 139 Å². The third kappa shape index (κ3) is 3.17. The SMILES string of the molecule is Nc1cc2ccccc2cc1O.Nc1cc2ccccc2cc1O. The smallest absolute Gasteiger partial charge is 0.139 e. The second-order valence-electron chi connectivity index (χ2n) is 5.52. The van der Waals surface area contributed by atoms with Crippen molar-refractivity contribution in [3.63, 3.8) is 0 Å². The van der Waals surface area contributed by atoms with E-state index in [2.05, 4.69) is 0 Å². The van der Waals surface area contributed by atoms with Gasteiger partial charge in [-0.25, -0.2) is 0 Å². The zero-order chi connectivity index (χ0) is 17.1. The summed E-state index contributed by atoms with van der Waals surface area (Å²) in [5, 5.41) is 22.7. The third-order valence-corrected chi connectivity index (χ3v) is 3.79. The lowest BCUT2D eigenvalue weighted by molar-refractivity contribution is 0.478. The molecule has 4 rings (SSSR count). The van der Waals surface area contributed by atoms with Crippen LogP contribution >= 0.6 is 0 Å². The first kappa shape index (κ1) is 15.5. The first-order valence-electron chi connectivity index (χ1n) is 7.49. The number of hydrogen-bond donors (Lipinski definition) is 4. The number of hydrogen-bond acceptors (Lipinski definition) is 4. The zero-order valence-electron chi connectivity index (χ0n) is 13.0. The van der Waals surface area contributed by atoms with Crippen molar-refractivity contribution in [2.75, 3.05) is 11.5 Å². The molecule has 4 aromatic rings. The molecule has 0 amide bonds. The number of fused-ring (bicyclic) bond motifs is 2. The highest BCUT2D eigenvalue weighted by atomic mass is 16.3. The molecule has 120 valence electrons. The van der Waals surface area contributed by atoms with E-state index in [1.807, 2.05) is 48.5 Å². The largest absolute Gasteiger partial charge is 0.506 e. The second kappa shape index (κ2) is 6.38. The van der Waals surface area contributed by atoms with E-state index in [9.17, 15) is 10.2 Å². The Bertz CT molecular complexity index is 848. The normalized spacial score (nSPS) is 10.3. The van der Waals surface area contributed by atoms with E-state index >= 15 is 0 Å². The van der Waals surface area contributed by atoms with Gasteiger partial charge in [-0.1, -0.05) is 48.5 Å². The minimum Gasteiger partial charge on any atom is -0.506 e. The summed E-state index contributed by atoms with van der Waals surface area (Å²) in [7, 11) is 0. The molecule has 0 aliphatic carbocycles. The summed E-state index contributed by atoms with van der Waals surface area (Å²) in [4.78, 5) is 0. The molecule has 24 heavy (non-hydrogen) atoms. The van der Waals surface area contributed by atoms with E-state index in [1.165, 1.54) is 0 Å². The molecule has 0 aromatic heterocycles. The molecule has 6 N–H and O–H groups in total. The van der Waals surface area contributed by atoms with Crippen molar-refractivity contribution in [3.8, 4) is 11.5 Å². The summed E-state index contributed by atoms with van der Waals surface area (Å²) in [6.45, 7) is 0. The van der Waals surface area contributed by atoms with Gasteiger partial charge in [-0.15, -0.1) is 0 Å². The number of phenols is 2. The lowest BCUT2D eigenvalue weighted by Crippen LogP contribution is -1.84. The quantitative estimate of drug-likeness (QED) is 0.288. The molecule has 4 aromatic carbocycles. The first-order valence-corrected chi connectivity index (χ1v) is 7.49. The van der Waals surface area contributed by atoms with Gasteiger partial charge in [0, 0.05) is 0 Å². The Kier molecular flexibility index (Phi) is 4.12. The summed E-state index contributed by atoms with van der Waals surface area (Å²) >= 11 is 0. The monoisotopic (exact) mass is 318 g/mol. The summed E-state index contributed by atoms with van der Waals surface area (Å²) in [6, 6.07) is 22.4. The van der Waals surface area contributed by atoms with Crippen LogP contribution in [0.3, 0.4) is 0 Å². The van der Waals surface area contributed by atoms with Crippen molar-refractivity contribution in [2.24, 2.45) is 0 Å².